The summed E-state index contributed by atoms with van der Waals surface area (Å²) in [7, 11) is 0. The molecule has 1 saturated carbocycles. The normalized spacial score (nSPS) is 21.8. The maximum atomic E-state index is 12.8. The SMILES string of the molecule is O=C(NC1CCCC1)C1CC(=O)N(Cc2cccc(C(F)(F)F)c2)C1. The van der Waals surface area contributed by atoms with Gasteiger partial charge in [0, 0.05) is 25.6 Å². The first-order valence-corrected chi connectivity index (χ1v) is 8.57. The number of carbonyl (C=O) groups excluding carboxylic acids is 2. The van der Waals surface area contributed by atoms with Crippen LogP contribution in [0.25, 0.3) is 0 Å². The molecule has 0 spiro atoms. The van der Waals surface area contributed by atoms with Gasteiger partial charge in [0.15, 0.2) is 0 Å². The van der Waals surface area contributed by atoms with Gasteiger partial charge >= 0.3 is 6.18 Å². The van der Waals surface area contributed by atoms with Crippen molar-refractivity contribution in [2.24, 2.45) is 5.92 Å². The minimum atomic E-state index is -4.41. The van der Waals surface area contributed by atoms with Gasteiger partial charge in [0.25, 0.3) is 0 Å². The topological polar surface area (TPSA) is 49.4 Å². The molecule has 1 aromatic rings. The Morgan fingerprint density at radius 1 is 1.24 bits per heavy atom. The molecule has 1 unspecified atom stereocenters. The molecule has 0 radical (unpaired) electrons. The molecule has 1 aromatic carbocycles. The number of alkyl halides is 3. The van der Waals surface area contributed by atoms with Gasteiger partial charge in [0.1, 0.15) is 0 Å². The molecule has 7 heteroatoms. The minimum absolute atomic E-state index is 0.0932. The highest BCUT2D eigenvalue weighted by molar-refractivity contribution is 5.89. The second kappa shape index (κ2) is 7.06. The van der Waals surface area contributed by atoms with Crippen molar-refractivity contribution in [1.82, 2.24) is 10.2 Å². The van der Waals surface area contributed by atoms with E-state index in [2.05, 4.69) is 5.32 Å². The zero-order chi connectivity index (χ0) is 18.0. The molecular formula is C18H21F3N2O2. The first-order chi connectivity index (χ1) is 11.8. The molecule has 3 rings (SSSR count). The minimum Gasteiger partial charge on any atom is -0.353 e. The largest absolute Gasteiger partial charge is 0.416 e. The van der Waals surface area contributed by atoms with Crippen LogP contribution >= 0.6 is 0 Å². The molecule has 1 heterocycles. The third kappa shape index (κ3) is 4.32. The van der Waals surface area contributed by atoms with Gasteiger partial charge in [-0.25, -0.2) is 0 Å². The highest BCUT2D eigenvalue weighted by Gasteiger charge is 2.36. The van der Waals surface area contributed by atoms with Crippen LogP contribution in [0.3, 0.4) is 0 Å². The van der Waals surface area contributed by atoms with Crippen molar-refractivity contribution in [3.8, 4) is 0 Å². The van der Waals surface area contributed by atoms with Gasteiger partial charge in [-0.15, -0.1) is 0 Å². The van der Waals surface area contributed by atoms with Crippen LogP contribution in [0.15, 0.2) is 24.3 Å². The van der Waals surface area contributed by atoms with E-state index >= 15 is 0 Å². The molecule has 2 amide bonds. The molecule has 1 aliphatic heterocycles. The zero-order valence-corrected chi connectivity index (χ0v) is 13.8. The number of rotatable bonds is 4. The van der Waals surface area contributed by atoms with E-state index in [1.807, 2.05) is 0 Å². The molecule has 2 fully saturated rings. The van der Waals surface area contributed by atoms with Crippen molar-refractivity contribution in [1.29, 1.82) is 0 Å². The Labute approximate surface area is 144 Å². The molecule has 25 heavy (non-hydrogen) atoms. The molecule has 1 saturated heterocycles. The van der Waals surface area contributed by atoms with Crippen molar-refractivity contribution in [2.75, 3.05) is 6.54 Å². The number of likely N-dealkylation sites (tertiary alicyclic amines) is 1. The summed E-state index contributed by atoms with van der Waals surface area (Å²) in [6.45, 7) is 0.351. The summed E-state index contributed by atoms with van der Waals surface area (Å²) >= 11 is 0. The number of amides is 2. The lowest BCUT2D eigenvalue weighted by atomic mass is 10.1. The van der Waals surface area contributed by atoms with Crippen LogP contribution in [0.5, 0.6) is 0 Å². The van der Waals surface area contributed by atoms with Crippen molar-refractivity contribution in [2.45, 2.75) is 50.9 Å². The Hall–Kier alpha value is -2.05. The second-order valence-corrected chi connectivity index (χ2v) is 6.86. The van der Waals surface area contributed by atoms with E-state index in [4.69, 9.17) is 0 Å². The van der Waals surface area contributed by atoms with Crippen molar-refractivity contribution in [3.63, 3.8) is 0 Å². The van der Waals surface area contributed by atoms with E-state index in [9.17, 15) is 22.8 Å². The lowest BCUT2D eigenvalue weighted by Gasteiger charge is -2.18. The third-order valence-corrected chi connectivity index (χ3v) is 4.91. The highest BCUT2D eigenvalue weighted by Crippen LogP contribution is 2.30. The fraction of sp³-hybridized carbons (Fsp3) is 0.556. The molecular weight excluding hydrogens is 333 g/mol. The van der Waals surface area contributed by atoms with Gasteiger partial charge in [-0.1, -0.05) is 25.0 Å². The third-order valence-electron chi connectivity index (χ3n) is 4.91. The smallest absolute Gasteiger partial charge is 0.353 e. The van der Waals surface area contributed by atoms with E-state index in [-0.39, 0.29) is 37.4 Å². The monoisotopic (exact) mass is 354 g/mol. The number of benzene rings is 1. The molecule has 1 atom stereocenters. The van der Waals surface area contributed by atoms with E-state index in [1.54, 1.807) is 6.07 Å². The summed E-state index contributed by atoms with van der Waals surface area (Å²) in [5.41, 5.74) is -0.313. The Morgan fingerprint density at radius 3 is 2.64 bits per heavy atom. The van der Waals surface area contributed by atoms with Gasteiger partial charge in [-0.3, -0.25) is 9.59 Å². The summed E-state index contributed by atoms with van der Waals surface area (Å²) < 4.78 is 38.4. The van der Waals surface area contributed by atoms with Crippen LogP contribution in [0.4, 0.5) is 13.2 Å². The highest BCUT2D eigenvalue weighted by atomic mass is 19.4. The van der Waals surface area contributed by atoms with Crippen molar-refractivity contribution in [3.05, 3.63) is 35.4 Å². The average molecular weight is 354 g/mol. The zero-order valence-electron chi connectivity index (χ0n) is 13.8. The predicted molar refractivity (Wildman–Crippen MR) is 85.4 cm³/mol. The number of carbonyl (C=O) groups is 2. The molecule has 0 aromatic heterocycles. The Kier molecular flexibility index (Phi) is 5.01. The van der Waals surface area contributed by atoms with Crippen LogP contribution in [-0.2, 0) is 22.3 Å². The van der Waals surface area contributed by atoms with Gasteiger partial charge < -0.3 is 10.2 Å². The summed E-state index contributed by atoms with van der Waals surface area (Å²) in [6.07, 6.45) is -0.126. The van der Waals surface area contributed by atoms with Gasteiger partial charge in [0.2, 0.25) is 11.8 Å². The van der Waals surface area contributed by atoms with E-state index in [0.717, 1.165) is 37.8 Å². The van der Waals surface area contributed by atoms with Crippen LogP contribution < -0.4 is 5.32 Å². The number of hydrogen-bond acceptors (Lipinski definition) is 2. The van der Waals surface area contributed by atoms with Gasteiger partial charge in [0.05, 0.1) is 11.5 Å². The number of halogens is 3. The summed E-state index contributed by atoms with van der Waals surface area (Å²) in [5.74, 6) is -0.727. The predicted octanol–water partition coefficient (Wildman–Crippen LogP) is 3.11. The lowest BCUT2D eigenvalue weighted by molar-refractivity contribution is -0.137. The first kappa shape index (κ1) is 17.8. The van der Waals surface area contributed by atoms with Crippen molar-refractivity contribution < 1.29 is 22.8 Å². The van der Waals surface area contributed by atoms with Crippen LogP contribution in [0.1, 0.15) is 43.2 Å². The summed E-state index contributed by atoms with van der Waals surface area (Å²) in [6, 6.07) is 5.16. The fourth-order valence-electron chi connectivity index (χ4n) is 3.56. The molecule has 136 valence electrons. The fourth-order valence-corrected chi connectivity index (χ4v) is 3.56. The van der Waals surface area contributed by atoms with Crippen LogP contribution in [-0.4, -0.2) is 29.3 Å². The van der Waals surface area contributed by atoms with Crippen LogP contribution in [0, 0.1) is 5.92 Å². The van der Waals surface area contributed by atoms with E-state index in [0.29, 0.717) is 5.56 Å². The van der Waals surface area contributed by atoms with Crippen molar-refractivity contribution >= 4 is 11.8 Å². The molecule has 1 aliphatic carbocycles. The summed E-state index contributed by atoms with van der Waals surface area (Å²) in [5, 5.41) is 2.99. The quantitative estimate of drug-likeness (QED) is 0.903. The van der Waals surface area contributed by atoms with Gasteiger partial charge in [-0.2, -0.15) is 13.2 Å². The molecule has 0 bridgehead atoms. The van der Waals surface area contributed by atoms with Crippen LogP contribution in [0.2, 0.25) is 0 Å². The van der Waals surface area contributed by atoms with Gasteiger partial charge in [-0.05, 0) is 30.5 Å². The van der Waals surface area contributed by atoms with E-state index < -0.39 is 17.7 Å². The second-order valence-electron chi connectivity index (χ2n) is 6.86. The Bertz CT molecular complexity index is 654. The average Bonchev–Trinajstić information content (AvgIpc) is 3.17. The Balaban J connectivity index is 1.60. The maximum absolute atomic E-state index is 12.8. The Morgan fingerprint density at radius 2 is 1.96 bits per heavy atom. The standard InChI is InChI=1S/C18H21F3N2O2/c19-18(20,21)14-5-3-4-12(8-14)10-23-11-13(9-16(23)24)17(25)22-15-6-1-2-7-15/h3-5,8,13,15H,1-2,6-7,9-11H2,(H,22,25). The summed E-state index contributed by atoms with van der Waals surface area (Å²) in [4.78, 5) is 25.9. The molecule has 1 N–H and O–H groups in total. The van der Waals surface area contributed by atoms with E-state index in [1.165, 1.54) is 11.0 Å². The number of nitrogens with one attached hydrogen (secondary N) is 1. The lowest BCUT2D eigenvalue weighted by Crippen LogP contribution is -2.38. The number of hydrogen-bond donors (Lipinski definition) is 1. The molecule has 2 aliphatic rings. The first-order valence-electron chi connectivity index (χ1n) is 8.57. The molecule has 4 nitrogen and oxygen atoms in total. The maximum Gasteiger partial charge on any atom is 0.416 e. The number of nitrogens with zero attached hydrogens (tertiary/aromatic N) is 1.